The predicted octanol–water partition coefficient (Wildman–Crippen LogP) is 1.28. The highest BCUT2D eigenvalue weighted by Gasteiger charge is 2.37. The zero-order valence-electron chi connectivity index (χ0n) is 12.9. The first kappa shape index (κ1) is 16.8. The van der Waals surface area contributed by atoms with E-state index in [2.05, 4.69) is 15.3 Å². The van der Waals surface area contributed by atoms with E-state index in [4.69, 9.17) is 10.5 Å². The molecule has 1 aliphatic heterocycles. The number of aromatic nitrogens is 1. The molecule has 0 bridgehead atoms. The van der Waals surface area contributed by atoms with Gasteiger partial charge in [0.1, 0.15) is 24.9 Å². The van der Waals surface area contributed by atoms with Crippen molar-refractivity contribution in [3.05, 3.63) is 63.8 Å². The molecule has 130 valence electrons. The number of rotatable bonds is 3. The van der Waals surface area contributed by atoms with Gasteiger partial charge in [-0.2, -0.15) is 0 Å². The quantitative estimate of drug-likeness (QED) is 0.726. The summed E-state index contributed by atoms with van der Waals surface area (Å²) in [6.07, 6.45) is 1.23. The Kier molecular flexibility index (Phi) is 4.32. The lowest BCUT2D eigenvalue weighted by Gasteiger charge is -2.26. The highest BCUT2D eigenvalue weighted by molar-refractivity contribution is 6.04. The highest BCUT2D eigenvalue weighted by atomic mass is 19.2. The molecule has 2 heterocycles. The van der Waals surface area contributed by atoms with Gasteiger partial charge >= 0.3 is 0 Å². The van der Waals surface area contributed by atoms with Gasteiger partial charge in [-0.25, -0.2) is 13.8 Å². The van der Waals surface area contributed by atoms with Gasteiger partial charge in [-0.3, -0.25) is 9.59 Å². The number of nitrogens with one attached hydrogen (secondary N) is 2. The molecule has 0 aliphatic carbocycles. The lowest BCUT2D eigenvalue weighted by molar-refractivity contribution is 0.0170. The van der Waals surface area contributed by atoms with E-state index in [1.165, 1.54) is 24.4 Å². The fourth-order valence-electron chi connectivity index (χ4n) is 2.37. The number of anilines is 1. The van der Waals surface area contributed by atoms with Crippen LogP contribution >= 0.6 is 0 Å². The summed E-state index contributed by atoms with van der Waals surface area (Å²) >= 11 is 0. The molecule has 0 unspecified atom stereocenters. The third-order valence-corrected chi connectivity index (χ3v) is 3.55. The van der Waals surface area contributed by atoms with Gasteiger partial charge < -0.3 is 20.8 Å². The first-order valence-corrected chi connectivity index (χ1v) is 7.28. The summed E-state index contributed by atoms with van der Waals surface area (Å²) in [5.74, 6) is -3.95. The molecule has 1 aliphatic rings. The lowest BCUT2D eigenvalue weighted by atomic mass is 10.0. The summed E-state index contributed by atoms with van der Waals surface area (Å²) in [6.45, 7) is -0.516. The van der Waals surface area contributed by atoms with Gasteiger partial charge in [-0.15, -0.1) is 0 Å². The highest BCUT2D eigenvalue weighted by Crippen LogP contribution is 2.34. The molecule has 1 atom stereocenters. The molecular formula is C16H14F2N4O3. The van der Waals surface area contributed by atoms with Gasteiger partial charge in [0, 0.05) is 18.0 Å². The van der Waals surface area contributed by atoms with Crippen molar-refractivity contribution in [2.24, 2.45) is 10.7 Å². The number of aromatic amines is 1. The van der Waals surface area contributed by atoms with Crippen molar-refractivity contribution in [2.75, 3.05) is 18.5 Å². The van der Waals surface area contributed by atoms with Crippen LogP contribution in [0.4, 0.5) is 14.5 Å². The minimum Gasteiger partial charge on any atom is -0.385 e. The van der Waals surface area contributed by atoms with E-state index in [1.54, 1.807) is 0 Å². The van der Waals surface area contributed by atoms with E-state index in [1.807, 2.05) is 0 Å². The fraction of sp³-hybridized carbons (Fsp3) is 0.188. The van der Waals surface area contributed by atoms with Gasteiger partial charge in [0.15, 0.2) is 0 Å². The Hall–Kier alpha value is -3.07. The van der Waals surface area contributed by atoms with Crippen molar-refractivity contribution in [2.45, 2.75) is 5.79 Å². The minimum atomic E-state index is -2.47. The fourth-order valence-corrected chi connectivity index (χ4v) is 2.37. The number of hydrogen-bond acceptors (Lipinski definition) is 5. The molecule has 0 fully saturated rings. The molecule has 7 nitrogen and oxygen atoms in total. The van der Waals surface area contributed by atoms with Gasteiger partial charge in [0.05, 0.1) is 11.1 Å². The molecule has 9 heteroatoms. The second kappa shape index (κ2) is 6.44. The standard InChI is InChI=1S/C16H14F2N4O3/c17-12-3-2-10(21-15(24)9-1-4-14(23)20-6-9)5-11(12)16(18)8-25-7-13(19)22-16/h1-6H,7-8H2,(H2,19,22)(H,20,23)(H,21,24)/t16-/m0/s1. The summed E-state index contributed by atoms with van der Waals surface area (Å²) in [4.78, 5) is 29.2. The number of hydrogen-bond donors (Lipinski definition) is 3. The number of nitrogens with two attached hydrogens (primary N) is 1. The Morgan fingerprint density at radius 1 is 1.36 bits per heavy atom. The molecule has 4 N–H and O–H groups in total. The number of ether oxygens (including phenoxy) is 1. The number of halogens is 2. The molecule has 0 saturated carbocycles. The average molecular weight is 348 g/mol. The van der Waals surface area contributed by atoms with E-state index in [0.29, 0.717) is 0 Å². The number of pyridine rings is 1. The third-order valence-electron chi connectivity index (χ3n) is 3.55. The van der Waals surface area contributed by atoms with Crippen LogP contribution < -0.4 is 16.6 Å². The van der Waals surface area contributed by atoms with Crippen molar-refractivity contribution < 1.29 is 18.3 Å². The number of nitrogens with zero attached hydrogens (tertiary/aromatic N) is 1. The number of alkyl halides is 1. The molecule has 0 spiro atoms. The average Bonchev–Trinajstić information content (AvgIpc) is 2.57. The number of benzene rings is 1. The van der Waals surface area contributed by atoms with Gasteiger partial charge in [0.2, 0.25) is 5.56 Å². The van der Waals surface area contributed by atoms with Crippen LogP contribution in [0.2, 0.25) is 0 Å². The number of amides is 1. The maximum atomic E-state index is 14.9. The first-order chi connectivity index (χ1) is 11.9. The third kappa shape index (κ3) is 3.56. The zero-order valence-corrected chi connectivity index (χ0v) is 12.9. The van der Waals surface area contributed by atoms with Crippen LogP contribution in [-0.4, -0.2) is 29.9 Å². The van der Waals surface area contributed by atoms with Crippen LogP contribution in [0, 0.1) is 5.82 Å². The van der Waals surface area contributed by atoms with Crippen LogP contribution in [-0.2, 0) is 10.5 Å². The lowest BCUT2D eigenvalue weighted by Crippen LogP contribution is -2.37. The van der Waals surface area contributed by atoms with E-state index in [9.17, 15) is 18.4 Å². The maximum Gasteiger partial charge on any atom is 0.257 e. The predicted molar refractivity (Wildman–Crippen MR) is 86.6 cm³/mol. The SMILES string of the molecule is NC1=N[C@](F)(c2cc(NC(=O)c3ccc(=O)[nH]c3)ccc2F)COC1. The molecule has 0 radical (unpaired) electrons. The molecule has 1 aromatic carbocycles. The second-order valence-electron chi connectivity index (χ2n) is 5.45. The summed E-state index contributed by atoms with van der Waals surface area (Å²) < 4.78 is 34.0. The van der Waals surface area contributed by atoms with Crippen molar-refractivity contribution in [1.82, 2.24) is 4.98 Å². The molecule has 3 rings (SSSR count). The molecule has 1 amide bonds. The first-order valence-electron chi connectivity index (χ1n) is 7.28. The largest absolute Gasteiger partial charge is 0.385 e. The molecule has 25 heavy (non-hydrogen) atoms. The Morgan fingerprint density at radius 2 is 2.16 bits per heavy atom. The number of carbonyl (C=O) groups excluding carboxylic acids is 1. The normalized spacial score (nSPS) is 20.0. The Labute approximate surface area is 140 Å². The molecular weight excluding hydrogens is 334 g/mol. The summed E-state index contributed by atoms with van der Waals surface area (Å²) in [6, 6.07) is 5.94. The van der Waals surface area contributed by atoms with E-state index in [-0.39, 0.29) is 29.3 Å². The van der Waals surface area contributed by atoms with Crippen molar-refractivity contribution in [3.8, 4) is 0 Å². The van der Waals surface area contributed by atoms with Crippen molar-refractivity contribution in [1.29, 1.82) is 0 Å². The van der Waals surface area contributed by atoms with Gasteiger partial charge in [-0.05, 0) is 24.3 Å². The van der Waals surface area contributed by atoms with Crippen LogP contribution in [0.5, 0.6) is 0 Å². The number of carbonyl (C=O) groups is 1. The number of amidine groups is 1. The van der Waals surface area contributed by atoms with Gasteiger partial charge in [0.25, 0.3) is 11.7 Å². The minimum absolute atomic E-state index is 0.0318. The number of aliphatic imine (C=N–C) groups is 1. The Morgan fingerprint density at radius 3 is 2.84 bits per heavy atom. The zero-order chi connectivity index (χ0) is 18.0. The smallest absolute Gasteiger partial charge is 0.257 e. The maximum absolute atomic E-state index is 14.9. The van der Waals surface area contributed by atoms with Crippen LogP contribution in [0.3, 0.4) is 0 Å². The van der Waals surface area contributed by atoms with Crippen LogP contribution in [0.25, 0.3) is 0 Å². The van der Waals surface area contributed by atoms with Gasteiger partial charge in [-0.1, -0.05) is 0 Å². The van der Waals surface area contributed by atoms with Crippen LogP contribution in [0.1, 0.15) is 15.9 Å². The van der Waals surface area contributed by atoms with Crippen LogP contribution in [0.15, 0.2) is 46.3 Å². The van der Waals surface area contributed by atoms with Crippen molar-refractivity contribution >= 4 is 17.4 Å². The second-order valence-corrected chi connectivity index (χ2v) is 5.45. The van der Waals surface area contributed by atoms with Crippen molar-refractivity contribution in [3.63, 3.8) is 0 Å². The Bertz CT molecular complexity index is 892. The summed E-state index contributed by atoms with van der Waals surface area (Å²) in [5, 5.41) is 2.50. The van der Waals surface area contributed by atoms with E-state index in [0.717, 1.165) is 12.1 Å². The molecule has 0 saturated heterocycles. The topological polar surface area (TPSA) is 110 Å². The monoisotopic (exact) mass is 348 g/mol. The Balaban J connectivity index is 1.89. The number of H-pyrrole nitrogens is 1. The van der Waals surface area contributed by atoms with E-state index >= 15 is 0 Å². The molecule has 2 aromatic rings. The van der Waals surface area contributed by atoms with E-state index < -0.39 is 29.7 Å². The summed E-state index contributed by atoms with van der Waals surface area (Å²) in [5.41, 5.74) is 5.06. The molecule has 1 aromatic heterocycles. The summed E-state index contributed by atoms with van der Waals surface area (Å²) in [7, 11) is 0.